The van der Waals surface area contributed by atoms with E-state index >= 15 is 0 Å². The summed E-state index contributed by atoms with van der Waals surface area (Å²) in [6.07, 6.45) is 1.82. The van der Waals surface area contributed by atoms with Crippen molar-refractivity contribution >= 4 is 17.6 Å². The maximum Gasteiger partial charge on any atom is 0.140 e. The van der Waals surface area contributed by atoms with Gasteiger partial charge in [-0.15, -0.1) is 0 Å². The third kappa shape index (κ3) is 3.82. The van der Waals surface area contributed by atoms with Crippen molar-refractivity contribution in [3.05, 3.63) is 53.5 Å². The number of aromatic nitrogens is 1. The Balaban J connectivity index is 1.64. The summed E-state index contributed by atoms with van der Waals surface area (Å²) in [6, 6.07) is 4.49. The lowest BCUT2D eigenvalue weighted by atomic mass is 9.93. The maximum atomic E-state index is 14.3. The van der Waals surface area contributed by atoms with E-state index in [-0.39, 0.29) is 11.9 Å². The lowest BCUT2D eigenvalue weighted by Crippen LogP contribution is -2.35. The molecule has 5 atom stereocenters. The number of hydrogen-bond acceptors (Lipinski definition) is 5. The fourth-order valence-corrected chi connectivity index (χ4v) is 4.79. The van der Waals surface area contributed by atoms with Gasteiger partial charge in [-0.25, -0.2) is 9.38 Å². The number of halogens is 1. The van der Waals surface area contributed by atoms with E-state index in [1.54, 1.807) is 12.3 Å². The van der Waals surface area contributed by atoms with E-state index < -0.39 is 24.4 Å². The molecule has 4 rings (SSSR count). The molecule has 166 valence electrons. The van der Waals surface area contributed by atoms with E-state index in [1.165, 1.54) is 6.07 Å². The monoisotopic (exact) mass is 427 g/mol. The van der Waals surface area contributed by atoms with E-state index in [0.717, 1.165) is 16.7 Å². The molecule has 1 fully saturated rings. The summed E-state index contributed by atoms with van der Waals surface area (Å²) in [5, 5.41) is 24.9. The minimum absolute atomic E-state index is 0.0539. The van der Waals surface area contributed by atoms with Crippen LogP contribution in [0.5, 0.6) is 5.75 Å². The third-order valence-corrected chi connectivity index (χ3v) is 6.35. The summed E-state index contributed by atoms with van der Waals surface area (Å²) in [4.78, 5) is 4.47. The minimum atomic E-state index is -1.08. The Morgan fingerprint density at radius 2 is 2.10 bits per heavy atom. The quantitative estimate of drug-likeness (QED) is 0.636. The molecule has 7 heteroatoms. The van der Waals surface area contributed by atoms with E-state index in [1.807, 2.05) is 37.6 Å². The maximum absolute atomic E-state index is 14.3. The molecule has 0 saturated heterocycles. The highest BCUT2D eigenvalue weighted by Gasteiger charge is 2.45. The summed E-state index contributed by atoms with van der Waals surface area (Å²) in [5.41, 5.74) is 3.22. The Hall–Kier alpha value is -2.48. The Kier molecular flexibility index (Phi) is 6.01. The second-order valence-electron chi connectivity index (χ2n) is 8.43. The Labute approximate surface area is 182 Å². The first-order chi connectivity index (χ1) is 14.8. The average Bonchev–Trinajstić information content (AvgIpc) is 3.27. The molecule has 3 N–H and O–H groups in total. The molecule has 2 aliphatic rings. The summed E-state index contributed by atoms with van der Waals surface area (Å²) in [5.74, 6) is 1.01. The highest BCUT2D eigenvalue weighted by molar-refractivity contribution is 5.73. The van der Waals surface area contributed by atoms with Gasteiger partial charge in [-0.05, 0) is 63.1 Å². The standard InChI is InChI=1S/C24H30FN3O3/c1-5-26-24-15(13(2)3)9-11-28(24)18-12-20(23(30)22(18)29)31-19-7-6-17(25)16-8-10-27-14(4)21(16)19/h5-7,9,11,14,18,20,22-23,27,29-30H,2,8,10,12H2,1,3-4H3/b26-5-. The molecule has 2 aromatic rings. The van der Waals surface area contributed by atoms with Crippen molar-refractivity contribution in [3.8, 4) is 5.75 Å². The zero-order valence-corrected chi connectivity index (χ0v) is 18.2. The largest absolute Gasteiger partial charge is 0.487 e. The van der Waals surface area contributed by atoms with Crippen molar-refractivity contribution in [3.63, 3.8) is 0 Å². The number of aliphatic hydroxyl groups is 2. The van der Waals surface area contributed by atoms with Crippen molar-refractivity contribution in [2.24, 2.45) is 4.99 Å². The fourth-order valence-electron chi connectivity index (χ4n) is 4.79. The van der Waals surface area contributed by atoms with Gasteiger partial charge in [0.1, 0.15) is 35.7 Å². The van der Waals surface area contributed by atoms with Crippen LogP contribution in [-0.2, 0) is 6.42 Å². The zero-order chi connectivity index (χ0) is 22.3. The lowest BCUT2D eigenvalue weighted by Gasteiger charge is -2.28. The molecule has 0 amide bonds. The van der Waals surface area contributed by atoms with Crippen LogP contribution in [-0.4, -0.2) is 45.9 Å². The van der Waals surface area contributed by atoms with Gasteiger partial charge in [0.15, 0.2) is 0 Å². The van der Waals surface area contributed by atoms with Gasteiger partial charge in [0.05, 0.1) is 6.04 Å². The van der Waals surface area contributed by atoms with Crippen LogP contribution < -0.4 is 10.1 Å². The van der Waals surface area contributed by atoms with E-state index in [0.29, 0.717) is 36.5 Å². The molecule has 0 bridgehead atoms. The summed E-state index contributed by atoms with van der Waals surface area (Å²) in [6.45, 7) is 10.4. The van der Waals surface area contributed by atoms with Gasteiger partial charge >= 0.3 is 0 Å². The molecule has 2 heterocycles. The van der Waals surface area contributed by atoms with Crippen LogP contribution in [0.3, 0.4) is 0 Å². The Morgan fingerprint density at radius 1 is 1.32 bits per heavy atom. The molecule has 1 aromatic heterocycles. The molecule has 1 aliphatic carbocycles. The summed E-state index contributed by atoms with van der Waals surface area (Å²) in [7, 11) is 0. The number of rotatable bonds is 5. The van der Waals surface area contributed by atoms with Crippen molar-refractivity contribution in [1.29, 1.82) is 0 Å². The third-order valence-electron chi connectivity index (χ3n) is 6.35. The van der Waals surface area contributed by atoms with Gasteiger partial charge in [-0.3, -0.25) is 0 Å². The van der Waals surface area contributed by atoms with Crippen LogP contribution in [0.4, 0.5) is 10.2 Å². The Morgan fingerprint density at radius 3 is 2.81 bits per heavy atom. The number of aliphatic imine (C=N–C) groups is 1. The number of fused-ring (bicyclic) bond motifs is 1. The second kappa shape index (κ2) is 8.57. The normalized spacial score (nSPS) is 28.1. The number of nitrogens with one attached hydrogen (secondary N) is 1. The molecule has 0 radical (unpaired) electrons. The highest BCUT2D eigenvalue weighted by Crippen LogP contribution is 2.41. The summed E-state index contributed by atoms with van der Waals surface area (Å²) >= 11 is 0. The minimum Gasteiger partial charge on any atom is -0.487 e. The van der Waals surface area contributed by atoms with Crippen molar-refractivity contribution in [2.75, 3.05) is 6.54 Å². The summed E-state index contributed by atoms with van der Waals surface area (Å²) < 4.78 is 22.4. The van der Waals surface area contributed by atoms with Gasteiger partial charge in [-0.2, -0.15) is 0 Å². The van der Waals surface area contributed by atoms with E-state index in [4.69, 9.17) is 4.74 Å². The fraction of sp³-hybridized carbons (Fsp3) is 0.458. The molecule has 0 spiro atoms. The molecular weight excluding hydrogens is 397 g/mol. The number of hydrogen-bond donors (Lipinski definition) is 3. The van der Waals surface area contributed by atoms with Crippen LogP contribution in [0, 0.1) is 5.82 Å². The molecule has 5 unspecified atom stereocenters. The topological polar surface area (TPSA) is 79.0 Å². The predicted octanol–water partition coefficient (Wildman–Crippen LogP) is 3.70. The first-order valence-corrected chi connectivity index (χ1v) is 10.8. The second-order valence-corrected chi connectivity index (χ2v) is 8.43. The van der Waals surface area contributed by atoms with Crippen LogP contribution in [0.1, 0.15) is 56.0 Å². The van der Waals surface area contributed by atoms with Crippen LogP contribution >= 0.6 is 0 Å². The molecule has 6 nitrogen and oxygen atoms in total. The van der Waals surface area contributed by atoms with E-state index in [9.17, 15) is 14.6 Å². The van der Waals surface area contributed by atoms with Crippen molar-refractivity contribution < 1.29 is 19.3 Å². The van der Waals surface area contributed by atoms with Gasteiger partial charge in [0.25, 0.3) is 0 Å². The first-order valence-electron chi connectivity index (χ1n) is 10.8. The molecule has 1 saturated carbocycles. The number of benzene rings is 1. The van der Waals surface area contributed by atoms with Gasteiger partial charge in [0, 0.05) is 36.0 Å². The molecule has 1 aromatic carbocycles. The lowest BCUT2D eigenvalue weighted by molar-refractivity contribution is -0.0169. The van der Waals surface area contributed by atoms with Crippen molar-refractivity contribution in [2.45, 2.75) is 64.0 Å². The van der Waals surface area contributed by atoms with Crippen LogP contribution in [0.2, 0.25) is 0 Å². The molecular formula is C24H30FN3O3. The number of nitrogens with zero attached hydrogens (tertiary/aromatic N) is 2. The smallest absolute Gasteiger partial charge is 0.140 e. The SMILES string of the molecule is C=C(C)c1ccn(C2CC(Oc3ccc(F)c4c3C(C)NCC4)C(O)C2O)c1/N=C\C. The predicted molar refractivity (Wildman–Crippen MR) is 120 cm³/mol. The number of ether oxygens (including phenoxy) is 1. The highest BCUT2D eigenvalue weighted by atomic mass is 19.1. The molecule has 1 aliphatic heterocycles. The van der Waals surface area contributed by atoms with Crippen LogP contribution in [0.15, 0.2) is 36.0 Å². The van der Waals surface area contributed by atoms with E-state index in [2.05, 4.69) is 16.9 Å². The van der Waals surface area contributed by atoms with Crippen molar-refractivity contribution in [1.82, 2.24) is 9.88 Å². The zero-order valence-electron chi connectivity index (χ0n) is 18.2. The number of allylic oxidation sites excluding steroid dienone is 1. The van der Waals surface area contributed by atoms with Gasteiger partial charge in [-0.1, -0.05) is 6.58 Å². The number of aliphatic hydroxyl groups excluding tert-OH is 2. The average molecular weight is 428 g/mol. The Bertz CT molecular complexity index is 1020. The first kappa shape index (κ1) is 21.7. The van der Waals surface area contributed by atoms with Gasteiger partial charge in [0.2, 0.25) is 0 Å². The molecule has 31 heavy (non-hydrogen) atoms. The van der Waals surface area contributed by atoms with Crippen LogP contribution in [0.25, 0.3) is 5.57 Å². The van der Waals surface area contributed by atoms with Gasteiger partial charge < -0.3 is 24.8 Å².